The molecule has 0 unspecified atom stereocenters. The molecule has 0 saturated carbocycles. The van der Waals surface area contributed by atoms with Gasteiger partial charge >= 0.3 is 0 Å². The van der Waals surface area contributed by atoms with Crippen LogP contribution in [-0.2, 0) is 0 Å². The van der Waals surface area contributed by atoms with Crippen molar-refractivity contribution in [3.8, 4) is 5.82 Å². The van der Waals surface area contributed by atoms with Gasteiger partial charge in [0.2, 0.25) is 0 Å². The van der Waals surface area contributed by atoms with Crippen LogP contribution in [0.3, 0.4) is 0 Å². The zero-order chi connectivity index (χ0) is 13.5. The summed E-state index contributed by atoms with van der Waals surface area (Å²) in [6.07, 6.45) is 4.02. The van der Waals surface area contributed by atoms with Gasteiger partial charge in [-0.1, -0.05) is 24.3 Å². The Morgan fingerprint density at radius 2 is 1.75 bits per heavy atom. The van der Waals surface area contributed by atoms with Gasteiger partial charge in [0.1, 0.15) is 5.82 Å². The third kappa shape index (κ3) is 1.89. The highest BCUT2D eigenvalue weighted by atomic mass is 125. The van der Waals surface area contributed by atoms with Gasteiger partial charge in [0.15, 0.2) is 0 Å². The molecule has 3 heteroatoms. The molecule has 2 heterocycles. The Morgan fingerprint density at radius 1 is 0.850 bits per heavy atom. The zero-order valence-electron chi connectivity index (χ0n) is 10.6. The fraction of sp³-hybridized carbons (Fsp3) is 0. The number of halogens is 1. The van der Waals surface area contributed by atoms with Crippen LogP contribution in [0, 0.1) is 3.57 Å². The van der Waals surface area contributed by atoms with Crippen molar-refractivity contribution in [3.63, 3.8) is 0 Å². The Bertz CT molecular complexity index is 924. The lowest BCUT2D eigenvalue weighted by molar-refractivity contribution is 1.05. The molecule has 0 spiro atoms. The van der Waals surface area contributed by atoms with Gasteiger partial charge in [-0.25, -0.2) is 4.98 Å². The van der Waals surface area contributed by atoms with Gasteiger partial charge in [-0.3, -0.25) is 0 Å². The number of pyridine rings is 1. The van der Waals surface area contributed by atoms with E-state index in [1.165, 1.54) is 25.2 Å². The van der Waals surface area contributed by atoms with Crippen LogP contribution in [0.1, 0.15) is 0 Å². The monoisotopic (exact) mass is 368 g/mol. The molecule has 0 atom stereocenters. The van der Waals surface area contributed by atoms with Gasteiger partial charge in [0.25, 0.3) is 0 Å². The number of hydrogen-bond acceptors (Lipinski definition) is 1. The van der Waals surface area contributed by atoms with E-state index in [0.29, 0.717) is 0 Å². The van der Waals surface area contributed by atoms with Crippen molar-refractivity contribution in [2.75, 3.05) is 0 Å². The normalized spacial score (nSPS) is 11.2. The van der Waals surface area contributed by atoms with Crippen molar-refractivity contribution >= 4 is 44.3 Å². The number of aromatic nitrogens is 2. The first-order chi connectivity index (χ1) is 9.81. The molecule has 0 amide bonds. The molecule has 0 saturated heterocycles. The summed E-state index contributed by atoms with van der Waals surface area (Å²) in [5, 5.41) is 3.63. The predicted molar refractivity (Wildman–Crippen MR) is 91.3 cm³/mol. The van der Waals surface area contributed by atoms with Crippen LogP contribution in [0.25, 0.3) is 27.5 Å². The second-order valence-electron chi connectivity index (χ2n) is 4.78. The van der Waals surface area contributed by atoms with Gasteiger partial charge in [0, 0.05) is 21.4 Å². The number of nitrogens with zero attached hydrogens (tertiary/aromatic N) is 2. The Kier molecular flexibility index (Phi) is 2.73. The Morgan fingerprint density at radius 3 is 2.70 bits per heavy atom. The van der Waals surface area contributed by atoms with Crippen molar-refractivity contribution in [1.29, 1.82) is 0 Å². The van der Waals surface area contributed by atoms with Gasteiger partial charge in [0.05, 0.1) is 5.52 Å². The fourth-order valence-electron chi connectivity index (χ4n) is 2.51. The van der Waals surface area contributed by atoms with Gasteiger partial charge in [-0.2, -0.15) is 0 Å². The molecule has 4 rings (SSSR count). The first-order valence-electron chi connectivity index (χ1n) is 6.43. The smallest absolute Gasteiger partial charge is 0.137 e. The highest BCUT2D eigenvalue weighted by Crippen LogP contribution is 2.23. The average molecular weight is 368 g/mol. The summed E-state index contributed by atoms with van der Waals surface area (Å²) in [6, 6.07) is 19.0. The van der Waals surface area contributed by atoms with E-state index in [0.717, 1.165) is 5.82 Å². The van der Waals surface area contributed by atoms with Gasteiger partial charge in [-0.15, -0.1) is 0 Å². The maximum Gasteiger partial charge on any atom is 0.137 e. The highest BCUT2D eigenvalue weighted by Gasteiger charge is 2.05. The minimum atomic E-state index is 0.959. The Balaban J connectivity index is 1.97. The zero-order valence-corrected chi connectivity index (χ0v) is 12.8. The largest absolute Gasteiger partial charge is 0.301 e. The molecule has 0 aliphatic carbocycles. The van der Waals surface area contributed by atoms with E-state index in [4.69, 9.17) is 0 Å². The van der Waals surface area contributed by atoms with E-state index in [9.17, 15) is 0 Å². The molecule has 0 aliphatic heterocycles. The Hall–Kier alpha value is -1.88. The molecular weight excluding hydrogens is 357 g/mol. The molecule has 0 fully saturated rings. The van der Waals surface area contributed by atoms with E-state index >= 15 is 0 Å². The molecule has 2 aromatic heterocycles. The minimum absolute atomic E-state index is 0.959. The quantitative estimate of drug-likeness (QED) is 0.442. The van der Waals surface area contributed by atoms with Crippen LogP contribution >= 0.6 is 22.6 Å². The predicted octanol–water partition coefficient (Wildman–Crippen LogP) is 4.78. The summed E-state index contributed by atoms with van der Waals surface area (Å²) in [7, 11) is 0. The molecule has 0 radical (unpaired) electrons. The third-order valence-electron chi connectivity index (χ3n) is 3.52. The molecule has 2 nitrogen and oxygen atoms in total. The van der Waals surface area contributed by atoms with Crippen LogP contribution in [0.15, 0.2) is 67.0 Å². The van der Waals surface area contributed by atoms with Crippen LogP contribution in [0.5, 0.6) is 0 Å². The molecule has 20 heavy (non-hydrogen) atoms. The van der Waals surface area contributed by atoms with Crippen LogP contribution in [0.2, 0.25) is 0 Å². The fourth-order valence-corrected chi connectivity index (χ4v) is 3.03. The molecule has 0 bridgehead atoms. The number of fused-ring (bicyclic) bond motifs is 2. The molecule has 0 aliphatic rings. The molecular formula is C17H11IN2. The minimum Gasteiger partial charge on any atom is -0.301 e. The molecule has 0 N–H and O–H groups in total. The third-order valence-corrected chi connectivity index (χ3v) is 4.19. The average Bonchev–Trinajstić information content (AvgIpc) is 2.90. The van der Waals surface area contributed by atoms with E-state index in [-0.39, 0.29) is 0 Å². The van der Waals surface area contributed by atoms with Crippen LogP contribution in [0.4, 0.5) is 0 Å². The number of para-hydroxylation sites is 1. The molecule has 4 aromatic rings. The summed E-state index contributed by atoms with van der Waals surface area (Å²) >= 11 is 2.34. The second-order valence-corrected chi connectivity index (χ2v) is 6.02. The van der Waals surface area contributed by atoms with Gasteiger partial charge in [-0.05, 0) is 63.7 Å². The van der Waals surface area contributed by atoms with E-state index in [1.807, 2.05) is 6.20 Å². The first-order valence-corrected chi connectivity index (χ1v) is 7.51. The maximum absolute atomic E-state index is 4.59. The van der Waals surface area contributed by atoms with Crippen LogP contribution in [-0.4, -0.2) is 9.55 Å². The van der Waals surface area contributed by atoms with Crippen molar-refractivity contribution < 1.29 is 0 Å². The molecule has 2 aromatic carbocycles. The van der Waals surface area contributed by atoms with E-state index in [2.05, 4.69) is 92.9 Å². The van der Waals surface area contributed by atoms with Gasteiger partial charge < -0.3 is 4.57 Å². The number of rotatable bonds is 1. The second kappa shape index (κ2) is 4.59. The van der Waals surface area contributed by atoms with E-state index in [1.54, 1.807) is 0 Å². The lowest BCUT2D eigenvalue weighted by Gasteiger charge is -2.06. The van der Waals surface area contributed by atoms with Crippen molar-refractivity contribution in [3.05, 3.63) is 70.6 Å². The topological polar surface area (TPSA) is 17.8 Å². The number of hydrogen-bond donors (Lipinski definition) is 0. The summed E-state index contributed by atoms with van der Waals surface area (Å²) in [5.41, 5.74) is 1.19. The van der Waals surface area contributed by atoms with Crippen molar-refractivity contribution in [2.24, 2.45) is 0 Å². The summed E-state index contributed by atoms with van der Waals surface area (Å²) < 4.78 is 3.37. The SMILES string of the molecule is [125I]c1ccc2cnc(-n3ccc4ccccc43)cc2c1. The lowest BCUT2D eigenvalue weighted by Crippen LogP contribution is -1.95. The summed E-state index contributed by atoms with van der Waals surface area (Å²) in [6.45, 7) is 0. The maximum atomic E-state index is 4.59. The highest BCUT2D eigenvalue weighted by molar-refractivity contribution is 14.1. The lowest BCUT2D eigenvalue weighted by atomic mass is 10.2. The Labute approximate surface area is 130 Å². The standard InChI is InChI=1S/C17H11IN2/c18-15-6-5-13-11-19-17(10-14(13)9-15)20-8-7-12-3-1-2-4-16(12)20/h1-11H/i18-2. The summed E-state index contributed by atoms with van der Waals surface area (Å²) in [5.74, 6) is 0.959. The first kappa shape index (κ1) is 11.9. The van der Waals surface area contributed by atoms with Crippen LogP contribution < -0.4 is 0 Å². The molecule has 96 valence electrons. The van der Waals surface area contributed by atoms with Crippen molar-refractivity contribution in [1.82, 2.24) is 9.55 Å². The van der Waals surface area contributed by atoms with Crippen molar-refractivity contribution in [2.45, 2.75) is 0 Å². The number of benzene rings is 2. The summed E-state index contributed by atoms with van der Waals surface area (Å²) in [4.78, 5) is 4.59. The van der Waals surface area contributed by atoms with E-state index < -0.39 is 0 Å².